The number of aromatic nitrogens is 1. The van der Waals surface area contributed by atoms with Gasteiger partial charge in [0.1, 0.15) is 0 Å². The molecule has 0 spiro atoms. The lowest BCUT2D eigenvalue weighted by Crippen LogP contribution is -2.07. The molecule has 0 saturated carbocycles. The third kappa shape index (κ3) is 1.58. The fraction of sp³-hybridized carbons (Fsp3) is 0.273. The van der Waals surface area contributed by atoms with Gasteiger partial charge in [-0.25, -0.2) is 4.79 Å². The van der Waals surface area contributed by atoms with Crippen molar-refractivity contribution in [1.29, 1.82) is 0 Å². The van der Waals surface area contributed by atoms with Gasteiger partial charge in [0.05, 0.1) is 11.1 Å². The van der Waals surface area contributed by atoms with Gasteiger partial charge in [-0.1, -0.05) is 19.9 Å². The molecule has 0 amide bonds. The number of ketones is 1. The van der Waals surface area contributed by atoms with Crippen molar-refractivity contribution in [3.8, 4) is 0 Å². The first kappa shape index (κ1) is 9.71. The van der Waals surface area contributed by atoms with Gasteiger partial charge >= 0.3 is 5.76 Å². The molecule has 0 saturated heterocycles. The lowest BCUT2D eigenvalue weighted by atomic mass is 10.0. The molecule has 0 fully saturated rings. The van der Waals surface area contributed by atoms with Gasteiger partial charge in [0.25, 0.3) is 0 Å². The van der Waals surface area contributed by atoms with Crippen LogP contribution in [0, 0.1) is 5.92 Å². The Bertz CT molecular complexity index is 562. The summed E-state index contributed by atoms with van der Waals surface area (Å²) in [7, 11) is 0. The lowest BCUT2D eigenvalue weighted by Gasteiger charge is -2.03. The number of hydrogen-bond acceptors (Lipinski definition) is 3. The third-order valence-electron chi connectivity index (χ3n) is 2.24. The summed E-state index contributed by atoms with van der Waals surface area (Å²) in [5, 5.41) is 0. The first-order valence-corrected chi connectivity index (χ1v) is 4.75. The molecule has 78 valence electrons. The molecule has 1 aromatic heterocycles. The molecular weight excluding hydrogens is 194 g/mol. The van der Waals surface area contributed by atoms with Crippen molar-refractivity contribution in [3.05, 3.63) is 34.3 Å². The highest BCUT2D eigenvalue weighted by Crippen LogP contribution is 2.18. The van der Waals surface area contributed by atoms with Crippen molar-refractivity contribution in [2.75, 3.05) is 0 Å². The number of carbonyl (C=O) groups excluding carboxylic acids is 1. The zero-order valence-electron chi connectivity index (χ0n) is 8.53. The second-order valence-electron chi connectivity index (χ2n) is 3.72. The minimum absolute atomic E-state index is 0.0247. The van der Waals surface area contributed by atoms with Crippen LogP contribution in [0.2, 0.25) is 0 Å². The Morgan fingerprint density at radius 1 is 1.40 bits per heavy atom. The minimum Gasteiger partial charge on any atom is -0.407 e. The lowest BCUT2D eigenvalue weighted by molar-refractivity contribution is 0.0940. The second kappa shape index (κ2) is 3.38. The summed E-state index contributed by atoms with van der Waals surface area (Å²) in [6.07, 6.45) is 0. The molecule has 0 bridgehead atoms. The molecular formula is C11H11NO3. The summed E-state index contributed by atoms with van der Waals surface area (Å²) in [5.41, 5.74) is 1.37. The smallest absolute Gasteiger partial charge is 0.407 e. The van der Waals surface area contributed by atoms with Crippen LogP contribution in [-0.4, -0.2) is 10.8 Å². The fourth-order valence-electron chi connectivity index (χ4n) is 1.48. The van der Waals surface area contributed by atoms with Crippen molar-refractivity contribution in [2.24, 2.45) is 5.92 Å². The molecule has 1 aromatic carbocycles. The monoisotopic (exact) mass is 205 g/mol. The fourth-order valence-corrected chi connectivity index (χ4v) is 1.48. The van der Waals surface area contributed by atoms with Gasteiger partial charge in [0.2, 0.25) is 0 Å². The number of fused-ring (bicyclic) bond motifs is 1. The molecule has 15 heavy (non-hydrogen) atoms. The molecule has 1 N–H and O–H groups in total. The zero-order chi connectivity index (χ0) is 11.0. The van der Waals surface area contributed by atoms with Crippen molar-refractivity contribution in [1.82, 2.24) is 4.98 Å². The van der Waals surface area contributed by atoms with Crippen LogP contribution in [0.15, 0.2) is 27.4 Å². The molecule has 0 aliphatic rings. The van der Waals surface area contributed by atoms with Crippen LogP contribution >= 0.6 is 0 Å². The Kier molecular flexibility index (Phi) is 2.19. The predicted octanol–water partition coefficient (Wildman–Crippen LogP) is 1.96. The Morgan fingerprint density at radius 2 is 2.13 bits per heavy atom. The molecule has 0 unspecified atom stereocenters. The Morgan fingerprint density at radius 3 is 2.80 bits per heavy atom. The maximum atomic E-state index is 11.8. The van der Waals surface area contributed by atoms with Gasteiger partial charge in [-0.15, -0.1) is 0 Å². The summed E-state index contributed by atoms with van der Waals surface area (Å²) >= 11 is 0. The summed E-state index contributed by atoms with van der Waals surface area (Å²) < 4.78 is 4.94. The summed E-state index contributed by atoms with van der Waals surface area (Å²) in [6.45, 7) is 3.62. The molecule has 4 nitrogen and oxygen atoms in total. The number of benzene rings is 1. The number of rotatable bonds is 2. The molecule has 4 heteroatoms. The van der Waals surface area contributed by atoms with Crippen LogP contribution < -0.4 is 5.76 Å². The average Bonchev–Trinajstić information content (AvgIpc) is 2.56. The average molecular weight is 205 g/mol. The van der Waals surface area contributed by atoms with E-state index in [-0.39, 0.29) is 11.7 Å². The van der Waals surface area contributed by atoms with E-state index in [1.807, 2.05) is 13.8 Å². The highest BCUT2D eigenvalue weighted by Gasteiger charge is 2.16. The highest BCUT2D eigenvalue weighted by atomic mass is 16.4. The largest absolute Gasteiger partial charge is 0.417 e. The topological polar surface area (TPSA) is 63.1 Å². The van der Waals surface area contributed by atoms with Crippen LogP contribution in [0.4, 0.5) is 0 Å². The predicted molar refractivity (Wildman–Crippen MR) is 56.0 cm³/mol. The van der Waals surface area contributed by atoms with E-state index in [0.717, 1.165) is 0 Å². The molecule has 0 aliphatic heterocycles. The van der Waals surface area contributed by atoms with Crippen molar-refractivity contribution in [3.63, 3.8) is 0 Å². The van der Waals surface area contributed by atoms with E-state index < -0.39 is 5.76 Å². The number of H-pyrrole nitrogens is 1. The molecule has 0 radical (unpaired) electrons. The Balaban J connectivity index is 2.70. The van der Waals surface area contributed by atoms with E-state index in [2.05, 4.69) is 4.98 Å². The SMILES string of the molecule is CC(C)C(=O)c1cccc2[nH]c(=O)oc12. The zero-order valence-corrected chi connectivity index (χ0v) is 8.53. The van der Waals surface area contributed by atoms with E-state index in [1.54, 1.807) is 18.2 Å². The highest BCUT2D eigenvalue weighted by molar-refractivity contribution is 6.06. The van der Waals surface area contributed by atoms with Crippen molar-refractivity contribution >= 4 is 16.9 Å². The molecule has 0 atom stereocenters. The molecule has 2 rings (SSSR count). The van der Waals surface area contributed by atoms with Gasteiger partial charge in [0.15, 0.2) is 11.4 Å². The van der Waals surface area contributed by atoms with Gasteiger partial charge in [-0.3, -0.25) is 9.78 Å². The van der Waals surface area contributed by atoms with Gasteiger partial charge < -0.3 is 4.42 Å². The van der Waals surface area contributed by atoms with Crippen LogP contribution in [0.5, 0.6) is 0 Å². The number of nitrogens with one attached hydrogen (secondary N) is 1. The quantitative estimate of drug-likeness (QED) is 0.762. The summed E-state index contributed by atoms with van der Waals surface area (Å²) in [5.74, 6) is -0.673. The van der Waals surface area contributed by atoms with Crippen molar-refractivity contribution in [2.45, 2.75) is 13.8 Å². The summed E-state index contributed by atoms with van der Waals surface area (Å²) in [6, 6.07) is 5.10. The number of aromatic amines is 1. The molecule has 1 heterocycles. The molecule has 2 aromatic rings. The number of Topliss-reactive ketones (excluding diaryl/α,β-unsaturated/α-hetero) is 1. The summed E-state index contributed by atoms with van der Waals surface area (Å²) in [4.78, 5) is 25.3. The van der Waals surface area contributed by atoms with E-state index >= 15 is 0 Å². The van der Waals surface area contributed by atoms with Gasteiger partial charge in [0, 0.05) is 5.92 Å². The van der Waals surface area contributed by atoms with Crippen molar-refractivity contribution < 1.29 is 9.21 Å². The standard InChI is InChI=1S/C11H11NO3/c1-6(2)9(13)7-4-3-5-8-10(7)15-11(14)12-8/h3-6H,1-2H3,(H,12,14). The minimum atomic E-state index is -0.533. The first-order chi connectivity index (χ1) is 7.09. The maximum absolute atomic E-state index is 11.8. The Hall–Kier alpha value is -1.84. The van der Waals surface area contributed by atoms with Crippen LogP contribution in [0.1, 0.15) is 24.2 Å². The normalized spacial score (nSPS) is 11.1. The van der Waals surface area contributed by atoms with E-state index in [9.17, 15) is 9.59 Å². The first-order valence-electron chi connectivity index (χ1n) is 4.75. The van der Waals surface area contributed by atoms with E-state index in [0.29, 0.717) is 16.7 Å². The second-order valence-corrected chi connectivity index (χ2v) is 3.72. The van der Waals surface area contributed by atoms with E-state index in [1.165, 1.54) is 0 Å². The third-order valence-corrected chi connectivity index (χ3v) is 2.24. The van der Waals surface area contributed by atoms with Crippen LogP contribution in [-0.2, 0) is 0 Å². The van der Waals surface area contributed by atoms with Gasteiger partial charge in [-0.2, -0.15) is 0 Å². The Labute approximate surface area is 85.9 Å². The number of carbonyl (C=O) groups is 1. The molecule has 0 aliphatic carbocycles. The van der Waals surface area contributed by atoms with Gasteiger partial charge in [-0.05, 0) is 12.1 Å². The van der Waals surface area contributed by atoms with E-state index in [4.69, 9.17) is 4.42 Å². The van der Waals surface area contributed by atoms with Crippen LogP contribution in [0.25, 0.3) is 11.1 Å². The number of hydrogen-bond donors (Lipinski definition) is 1. The number of oxazole rings is 1. The number of para-hydroxylation sites is 1. The maximum Gasteiger partial charge on any atom is 0.417 e. The van der Waals surface area contributed by atoms with Crippen LogP contribution in [0.3, 0.4) is 0 Å².